The lowest BCUT2D eigenvalue weighted by Crippen LogP contribution is -2.35. The van der Waals surface area contributed by atoms with Crippen LogP contribution in [0.2, 0.25) is 0 Å². The van der Waals surface area contributed by atoms with Crippen LogP contribution in [0.4, 0.5) is 0 Å². The molecule has 2 aliphatic rings. The van der Waals surface area contributed by atoms with Crippen molar-refractivity contribution in [3.8, 4) is 40.2 Å². The van der Waals surface area contributed by atoms with Crippen LogP contribution >= 0.6 is 15.9 Å². The molecule has 148 valence electrons. The lowest BCUT2D eigenvalue weighted by atomic mass is 9.95. The summed E-state index contributed by atoms with van der Waals surface area (Å²) in [5.74, 6) is 1.17. The highest BCUT2D eigenvalue weighted by molar-refractivity contribution is 9.10. The molecule has 0 aromatic heterocycles. The van der Waals surface area contributed by atoms with Gasteiger partial charge in [-0.15, -0.1) is 0 Å². The van der Waals surface area contributed by atoms with Crippen LogP contribution in [0.3, 0.4) is 0 Å². The first-order valence-electron chi connectivity index (χ1n) is 8.94. The van der Waals surface area contributed by atoms with Crippen LogP contribution < -0.4 is 29.4 Å². The zero-order valence-corrected chi connectivity index (χ0v) is 18.0. The number of nitrogens with zero attached hydrogens (tertiary/aromatic N) is 1. The van der Waals surface area contributed by atoms with Crippen molar-refractivity contribution in [2.24, 2.45) is 0 Å². The van der Waals surface area contributed by atoms with Crippen LogP contribution in [-0.2, 0) is 4.79 Å². The van der Waals surface area contributed by atoms with Crippen molar-refractivity contribution in [3.63, 3.8) is 0 Å². The molecule has 0 N–H and O–H groups in total. The third kappa shape index (κ3) is 3.04. The molecule has 0 radical (unpaired) electrons. The third-order valence-electron chi connectivity index (χ3n) is 4.96. The summed E-state index contributed by atoms with van der Waals surface area (Å²) in [6.45, 7) is 3.92. The number of benzene rings is 2. The molecule has 4 rings (SSSR count). The van der Waals surface area contributed by atoms with Gasteiger partial charge in [-0.05, 0) is 59.1 Å². The molecule has 0 aliphatic carbocycles. The number of esters is 1. The molecule has 2 aromatic carbocycles. The van der Waals surface area contributed by atoms with Gasteiger partial charge in [0.1, 0.15) is 17.2 Å². The number of hydrogen-bond acceptors (Lipinski definition) is 6. The molecule has 0 saturated heterocycles. The van der Waals surface area contributed by atoms with E-state index in [1.807, 2.05) is 32.0 Å². The Labute approximate surface area is 176 Å². The Bertz CT molecular complexity index is 1220. The van der Waals surface area contributed by atoms with E-state index in [4.69, 9.17) is 18.9 Å². The van der Waals surface area contributed by atoms with Crippen molar-refractivity contribution in [1.82, 2.24) is 0 Å². The second-order valence-electron chi connectivity index (χ2n) is 7.39. The van der Waals surface area contributed by atoms with E-state index in [9.17, 15) is 10.1 Å². The monoisotopic (exact) mass is 455 g/mol. The first-order valence-corrected chi connectivity index (χ1v) is 9.73. The number of carbonyl (C=O) groups is 1. The number of fused-ring (bicyclic) bond motifs is 3. The largest absolute Gasteiger partial charge is 0.493 e. The van der Waals surface area contributed by atoms with Crippen LogP contribution in [-0.4, -0.2) is 25.8 Å². The van der Waals surface area contributed by atoms with Gasteiger partial charge in [0.05, 0.1) is 23.9 Å². The van der Waals surface area contributed by atoms with Gasteiger partial charge in [-0.1, -0.05) is 6.08 Å². The van der Waals surface area contributed by atoms with E-state index < -0.39 is 11.6 Å². The Balaban J connectivity index is 2.10. The molecular formula is C22H18BrNO5. The maximum Gasteiger partial charge on any atom is 0.355 e. The summed E-state index contributed by atoms with van der Waals surface area (Å²) in [4.78, 5) is 12.4. The highest BCUT2D eigenvalue weighted by Crippen LogP contribution is 2.40. The minimum atomic E-state index is -0.677. The van der Waals surface area contributed by atoms with E-state index in [2.05, 4.69) is 22.0 Å². The van der Waals surface area contributed by atoms with Crippen molar-refractivity contribution < 1.29 is 23.7 Å². The van der Waals surface area contributed by atoms with Crippen molar-refractivity contribution in [2.45, 2.75) is 25.9 Å². The summed E-state index contributed by atoms with van der Waals surface area (Å²) < 4.78 is 23.1. The molecule has 0 spiro atoms. The zero-order chi connectivity index (χ0) is 20.9. The number of ether oxygens (including phenoxy) is 4. The fraction of sp³-hybridized carbons (Fsp3) is 0.273. The van der Waals surface area contributed by atoms with E-state index in [1.165, 1.54) is 0 Å². The molecule has 2 aliphatic heterocycles. The standard InChI is InChI=1S/C22H18BrNO5/c1-22(2)6-5-11-7-13(12-8-15(23)19(27-4)16(9-12)26-3)17-14(10-24)21(25)28-20(17)18(11)29-22/h5,7-9H,6H2,1-4H3. The summed E-state index contributed by atoms with van der Waals surface area (Å²) in [5.41, 5.74) is 0.951. The minimum Gasteiger partial charge on any atom is -0.493 e. The van der Waals surface area contributed by atoms with Gasteiger partial charge in [-0.25, -0.2) is 4.79 Å². The molecule has 2 aromatic rings. The van der Waals surface area contributed by atoms with Gasteiger partial charge in [0, 0.05) is 11.6 Å². The molecule has 29 heavy (non-hydrogen) atoms. The fourth-order valence-corrected chi connectivity index (χ4v) is 4.19. The normalized spacial score (nSPS) is 16.0. The molecule has 0 bridgehead atoms. The van der Waals surface area contributed by atoms with Crippen LogP contribution in [0.15, 0.2) is 22.7 Å². The van der Waals surface area contributed by atoms with Crippen LogP contribution in [0.25, 0.3) is 22.8 Å². The molecule has 6 nitrogen and oxygen atoms in total. The smallest absolute Gasteiger partial charge is 0.355 e. The van der Waals surface area contributed by atoms with E-state index in [0.717, 1.165) is 10.8 Å². The van der Waals surface area contributed by atoms with Gasteiger partial charge < -0.3 is 18.9 Å². The first-order chi connectivity index (χ1) is 13.8. The SMILES string of the molecule is COc1cc(-c2cc3c(c4c2=C(C#N)C(=O)O4)OC(C)(C)CC=3)cc(Br)c1OC. The highest BCUT2D eigenvalue weighted by atomic mass is 79.9. The van der Waals surface area contributed by atoms with Crippen LogP contribution in [0.1, 0.15) is 20.3 Å². The number of hydrogen-bond donors (Lipinski definition) is 0. The van der Waals surface area contributed by atoms with Gasteiger partial charge in [0.15, 0.2) is 23.0 Å². The zero-order valence-electron chi connectivity index (χ0n) is 16.4. The van der Waals surface area contributed by atoms with Gasteiger partial charge >= 0.3 is 5.97 Å². The Hall–Kier alpha value is -2.98. The third-order valence-corrected chi connectivity index (χ3v) is 5.55. The number of carbonyl (C=O) groups excluding carboxylic acids is 1. The first kappa shape index (κ1) is 19.3. The molecule has 2 heterocycles. The van der Waals surface area contributed by atoms with Crippen LogP contribution in [0, 0.1) is 11.3 Å². The van der Waals surface area contributed by atoms with Gasteiger partial charge in [0.25, 0.3) is 0 Å². The van der Waals surface area contributed by atoms with Gasteiger partial charge in [-0.3, -0.25) is 0 Å². The minimum absolute atomic E-state index is 0.0457. The average molecular weight is 456 g/mol. The Morgan fingerprint density at radius 2 is 1.93 bits per heavy atom. The lowest BCUT2D eigenvalue weighted by molar-refractivity contribution is -0.127. The highest BCUT2D eigenvalue weighted by Gasteiger charge is 2.34. The topological polar surface area (TPSA) is 77.8 Å². The van der Waals surface area contributed by atoms with Crippen molar-refractivity contribution in [3.05, 3.63) is 33.1 Å². The summed E-state index contributed by atoms with van der Waals surface area (Å²) in [5, 5.41) is 10.9. The van der Waals surface area contributed by atoms with E-state index in [0.29, 0.717) is 38.9 Å². The number of rotatable bonds is 3. The Morgan fingerprint density at radius 3 is 2.59 bits per heavy atom. The summed E-state index contributed by atoms with van der Waals surface area (Å²) in [7, 11) is 3.11. The molecule has 7 heteroatoms. The maximum atomic E-state index is 12.4. The van der Waals surface area contributed by atoms with Gasteiger partial charge in [-0.2, -0.15) is 5.26 Å². The number of halogens is 1. The Morgan fingerprint density at radius 1 is 1.17 bits per heavy atom. The quantitative estimate of drug-likeness (QED) is 0.522. The van der Waals surface area contributed by atoms with Crippen LogP contribution in [0.5, 0.6) is 23.0 Å². The fourth-order valence-electron chi connectivity index (χ4n) is 3.58. The summed E-state index contributed by atoms with van der Waals surface area (Å²) in [6.07, 6.45) is 2.76. The van der Waals surface area contributed by atoms with E-state index in [1.54, 1.807) is 20.3 Å². The molecule has 0 atom stereocenters. The number of nitriles is 1. The molecule has 0 saturated carbocycles. The number of methoxy groups -OCH3 is 2. The summed E-state index contributed by atoms with van der Waals surface area (Å²) >= 11 is 3.50. The molecule has 0 fully saturated rings. The molecular weight excluding hydrogens is 438 g/mol. The predicted octanol–water partition coefficient (Wildman–Crippen LogP) is 3.07. The van der Waals surface area contributed by atoms with E-state index >= 15 is 0 Å². The van der Waals surface area contributed by atoms with Gasteiger partial charge in [0.2, 0.25) is 0 Å². The molecule has 0 amide bonds. The lowest BCUT2D eigenvalue weighted by Gasteiger charge is -2.29. The van der Waals surface area contributed by atoms with Crippen molar-refractivity contribution >= 4 is 33.5 Å². The maximum absolute atomic E-state index is 12.4. The predicted molar refractivity (Wildman–Crippen MR) is 110 cm³/mol. The summed E-state index contributed by atoms with van der Waals surface area (Å²) in [6, 6.07) is 7.55. The van der Waals surface area contributed by atoms with Crippen molar-refractivity contribution in [1.29, 1.82) is 5.26 Å². The Kier molecular flexibility index (Phi) is 4.55. The second-order valence-corrected chi connectivity index (χ2v) is 8.24. The van der Waals surface area contributed by atoms with E-state index in [-0.39, 0.29) is 11.3 Å². The molecule has 0 unspecified atom stereocenters. The second kappa shape index (κ2) is 6.82. The van der Waals surface area contributed by atoms with Crippen molar-refractivity contribution in [2.75, 3.05) is 14.2 Å². The average Bonchev–Trinajstić information content (AvgIpc) is 3.02.